The van der Waals surface area contributed by atoms with E-state index in [4.69, 9.17) is 4.52 Å². The van der Waals surface area contributed by atoms with E-state index in [1.807, 2.05) is 44.2 Å². The van der Waals surface area contributed by atoms with E-state index in [0.717, 1.165) is 34.0 Å². The number of hydrogen-bond acceptors (Lipinski definition) is 6. The Labute approximate surface area is 168 Å². The smallest absolute Gasteiger partial charge is 0.263 e. The molecular weight excluding hydrogens is 374 g/mol. The largest absolute Gasteiger partial charge is 0.389 e. The Morgan fingerprint density at radius 3 is 2.61 bits per heavy atom. The lowest BCUT2D eigenvalue weighted by molar-refractivity contribution is 0.0696. The Morgan fingerprint density at radius 2 is 1.93 bits per heavy atom. The molecule has 0 atom stereocenters. The Morgan fingerprint density at radius 1 is 1.21 bits per heavy atom. The van der Waals surface area contributed by atoms with Gasteiger partial charge in [0.25, 0.3) is 5.91 Å². The lowest BCUT2D eigenvalue weighted by Gasteiger charge is -2.17. The van der Waals surface area contributed by atoms with Crippen LogP contribution in [0.3, 0.4) is 0 Å². The van der Waals surface area contributed by atoms with E-state index in [0.29, 0.717) is 17.0 Å². The number of aromatic nitrogens is 2. The van der Waals surface area contributed by atoms with Crippen LogP contribution in [0.4, 0.5) is 0 Å². The molecule has 2 heterocycles. The number of benzene rings is 1. The maximum absolute atomic E-state index is 12.4. The van der Waals surface area contributed by atoms with E-state index in [9.17, 15) is 9.90 Å². The van der Waals surface area contributed by atoms with Gasteiger partial charge < -0.3 is 14.9 Å². The first-order valence-corrected chi connectivity index (χ1v) is 10.0. The zero-order chi connectivity index (χ0) is 20.3. The third-order valence-electron chi connectivity index (χ3n) is 4.35. The zero-order valence-corrected chi connectivity index (χ0v) is 17.4. The van der Waals surface area contributed by atoms with Gasteiger partial charge in [0, 0.05) is 24.1 Å². The minimum absolute atomic E-state index is 0.193. The molecule has 0 unspecified atom stereocenters. The van der Waals surface area contributed by atoms with Crippen LogP contribution >= 0.6 is 11.3 Å². The van der Waals surface area contributed by atoms with Gasteiger partial charge in [-0.3, -0.25) is 4.79 Å². The van der Waals surface area contributed by atoms with Crippen molar-refractivity contribution in [2.45, 2.75) is 46.1 Å². The highest BCUT2D eigenvalue weighted by Crippen LogP contribution is 2.27. The summed E-state index contributed by atoms with van der Waals surface area (Å²) in [6.07, 6.45) is 1.43. The Hall–Kier alpha value is -2.51. The average Bonchev–Trinajstić information content (AvgIpc) is 3.20. The molecule has 3 rings (SSSR count). The van der Waals surface area contributed by atoms with Crippen LogP contribution in [-0.2, 0) is 12.8 Å². The summed E-state index contributed by atoms with van der Waals surface area (Å²) >= 11 is 1.39. The predicted molar refractivity (Wildman–Crippen MR) is 110 cm³/mol. The first kappa shape index (κ1) is 20.2. The van der Waals surface area contributed by atoms with Gasteiger partial charge in [0.15, 0.2) is 0 Å². The number of thiazole rings is 1. The van der Waals surface area contributed by atoms with E-state index in [1.54, 1.807) is 13.8 Å². The van der Waals surface area contributed by atoms with Crippen molar-refractivity contribution in [3.8, 4) is 11.3 Å². The van der Waals surface area contributed by atoms with Crippen molar-refractivity contribution in [2.24, 2.45) is 0 Å². The topological polar surface area (TPSA) is 88.2 Å². The van der Waals surface area contributed by atoms with E-state index in [1.165, 1.54) is 11.3 Å². The van der Waals surface area contributed by atoms with E-state index >= 15 is 0 Å². The van der Waals surface area contributed by atoms with Crippen molar-refractivity contribution in [3.63, 3.8) is 0 Å². The molecule has 0 saturated carbocycles. The maximum atomic E-state index is 12.4. The lowest BCUT2D eigenvalue weighted by atomic mass is 10.0. The third-order valence-corrected chi connectivity index (χ3v) is 5.57. The minimum Gasteiger partial charge on any atom is -0.389 e. The zero-order valence-electron chi connectivity index (χ0n) is 16.6. The molecule has 6 nitrogen and oxygen atoms in total. The molecule has 2 aromatic heterocycles. The number of carbonyl (C=O) groups is 1. The third kappa shape index (κ3) is 4.85. The van der Waals surface area contributed by atoms with Crippen molar-refractivity contribution < 1.29 is 14.4 Å². The summed E-state index contributed by atoms with van der Waals surface area (Å²) in [4.78, 5) is 17.5. The van der Waals surface area contributed by atoms with Crippen LogP contribution in [0.1, 0.15) is 45.5 Å². The first-order chi connectivity index (χ1) is 13.2. The second kappa shape index (κ2) is 8.24. The first-order valence-electron chi connectivity index (χ1n) is 9.22. The molecule has 2 N–H and O–H groups in total. The second-order valence-corrected chi connectivity index (χ2v) is 8.53. The van der Waals surface area contributed by atoms with Crippen LogP contribution in [0.25, 0.3) is 11.3 Å². The highest BCUT2D eigenvalue weighted by molar-refractivity contribution is 7.13. The fourth-order valence-electron chi connectivity index (χ4n) is 2.89. The summed E-state index contributed by atoms with van der Waals surface area (Å²) in [6, 6.07) is 9.95. The molecule has 0 aliphatic carbocycles. The SMILES string of the molecule is Cc1nc(CCc2c(-c3ccccc3)noc2C)sc1C(=O)NCC(C)(C)O. The van der Waals surface area contributed by atoms with Gasteiger partial charge in [-0.1, -0.05) is 35.5 Å². The quantitative estimate of drug-likeness (QED) is 0.632. The molecule has 1 aromatic carbocycles. The normalized spacial score (nSPS) is 11.6. The number of carbonyl (C=O) groups excluding carboxylic acids is 1. The number of aliphatic hydroxyl groups is 1. The van der Waals surface area contributed by atoms with Gasteiger partial charge in [0.2, 0.25) is 0 Å². The Bertz CT molecular complexity index is 955. The highest BCUT2D eigenvalue weighted by Gasteiger charge is 2.20. The molecule has 28 heavy (non-hydrogen) atoms. The average molecular weight is 400 g/mol. The van der Waals surface area contributed by atoms with Gasteiger partial charge >= 0.3 is 0 Å². The van der Waals surface area contributed by atoms with Crippen LogP contribution in [0.15, 0.2) is 34.9 Å². The summed E-state index contributed by atoms with van der Waals surface area (Å²) in [5.41, 5.74) is 2.70. The fourth-order valence-corrected chi connectivity index (χ4v) is 3.87. The summed E-state index contributed by atoms with van der Waals surface area (Å²) < 4.78 is 5.41. The number of nitrogens with zero attached hydrogens (tertiary/aromatic N) is 2. The standard InChI is InChI=1S/C21H25N3O3S/c1-13-19(20(25)22-12-21(3,4)26)28-17(23-13)11-10-16-14(2)27-24-18(16)15-8-6-5-7-9-15/h5-9,26H,10-12H2,1-4H3,(H,22,25). The number of aryl methyl sites for hydroxylation is 3. The maximum Gasteiger partial charge on any atom is 0.263 e. The van der Waals surface area contributed by atoms with E-state index in [2.05, 4.69) is 15.5 Å². The van der Waals surface area contributed by atoms with Gasteiger partial charge in [-0.2, -0.15) is 0 Å². The lowest BCUT2D eigenvalue weighted by Crippen LogP contribution is -2.38. The van der Waals surface area contributed by atoms with E-state index in [-0.39, 0.29) is 12.5 Å². The number of nitrogens with one attached hydrogen (secondary N) is 1. The molecule has 0 spiro atoms. The van der Waals surface area contributed by atoms with Gasteiger partial charge in [-0.15, -0.1) is 11.3 Å². The van der Waals surface area contributed by atoms with E-state index < -0.39 is 5.60 Å². The molecule has 0 radical (unpaired) electrons. The molecule has 0 aliphatic rings. The summed E-state index contributed by atoms with van der Waals surface area (Å²) in [7, 11) is 0. The Balaban J connectivity index is 1.71. The summed E-state index contributed by atoms with van der Waals surface area (Å²) in [6.45, 7) is 7.25. The highest BCUT2D eigenvalue weighted by atomic mass is 32.1. The van der Waals surface area contributed by atoms with Crippen LogP contribution in [0.2, 0.25) is 0 Å². The van der Waals surface area contributed by atoms with Gasteiger partial charge in [0.05, 0.1) is 16.3 Å². The predicted octanol–water partition coefficient (Wildman–Crippen LogP) is 3.70. The summed E-state index contributed by atoms with van der Waals surface area (Å²) in [5.74, 6) is 0.602. The molecule has 148 valence electrons. The number of amides is 1. The van der Waals surface area contributed by atoms with Crippen LogP contribution < -0.4 is 5.32 Å². The van der Waals surface area contributed by atoms with Crippen molar-refractivity contribution in [1.82, 2.24) is 15.5 Å². The molecule has 7 heteroatoms. The fraction of sp³-hybridized carbons (Fsp3) is 0.381. The Kier molecular flexibility index (Phi) is 5.96. The van der Waals surface area contributed by atoms with Gasteiger partial charge in [-0.25, -0.2) is 4.98 Å². The molecule has 0 bridgehead atoms. The monoisotopic (exact) mass is 399 g/mol. The number of hydrogen-bond donors (Lipinski definition) is 2. The molecule has 0 aliphatic heterocycles. The van der Waals surface area contributed by atoms with Crippen molar-refractivity contribution in [2.75, 3.05) is 6.54 Å². The molecule has 3 aromatic rings. The molecule has 1 amide bonds. The van der Waals surface area contributed by atoms with Crippen LogP contribution in [-0.4, -0.2) is 33.3 Å². The summed E-state index contributed by atoms with van der Waals surface area (Å²) in [5, 5.41) is 17.7. The molecular formula is C21H25N3O3S. The van der Waals surface area contributed by atoms with Crippen molar-refractivity contribution >= 4 is 17.2 Å². The molecule has 0 fully saturated rings. The van der Waals surface area contributed by atoms with Gasteiger partial charge in [0.1, 0.15) is 16.3 Å². The minimum atomic E-state index is -0.948. The van der Waals surface area contributed by atoms with Crippen molar-refractivity contribution in [1.29, 1.82) is 0 Å². The van der Waals surface area contributed by atoms with Gasteiger partial charge in [-0.05, 0) is 34.1 Å². The van der Waals surface area contributed by atoms with Crippen LogP contribution in [0, 0.1) is 13.8 Å². The van der Waals surface area contributed by atoms with Crippen LogP contribution in [0.5, 0.6) is 0 Å². The second-order valence-electron chi connectivity index (χ2n) is 7.45. The van der Waals surface area contributed by atoms with Crippen molar-refractivity contribution in [3.05, 3.63) is 57.2 Å². The molecule has 0 saturated heterocycles. The number of rotatable bonds is 7.